The lowest BCUT2D eigenvalue weighted by Gasteiger charge is -2.17. The number of anilines is 1. The van der Waals surface area contributed by atoms with Crippen molar-refractivity contribution in [2.24, 2.45) is 11.6 Å². The van der Waals surface area contributed by atoms with Crippen LogP contribution in [0.3, 0.4) is 0 Å². The summed E-state index contributed by atoms with van der Waals surface area (Å²) >= 11 is 0. The summed E-state index contributed by atoms with van der Waals surface area (Å²) < 4.78 is 9.82. The Labute approximate surface area is 179 Å². The van der Waals surface area contributed by atoms with Crippen LogP contribution in [0.5, 0.6) is 5.88 Å². The Morgan fingerprint density at radius 1 is 1.10 bits per heavy atom. The van der Waals surface area contributed by atoms with Crippen molar-refractivity contribution in [2.45, 2.75) is 6.54 Å². The van der Waals surface area contributed by atoms with Gasteiger partial charge in [0.15, 0.2) is 5.69 Å². The molecule has 0 saturated heterocycles. The molecule has 0 aliphatic heterocycles. The Hall–Kier alpha value is -4.11. The molecular weight excluding hydrogens is 398 g/mol. The highest BCUT2D eigenvalue weighted by Crippen LogP contribution is 2.26. The van der Waals surface area contributed by atoms with Crippen LogP contribution in [0.4, 0.5) is 5.69 Å². The van der Waals surface area contributed by atoms with Crippen molar-refractivity contribution < 1.29 is 19.1 Å². The third-order valence-electron chi connectivity index (χ3n) is 4.60. The van der Waals surface area contributed by atoms with E-state index in [0.717, 1.165) is 16.3 Å². The van der Waals surface area contributed by atoms with Crippen LogP contribution in [0.1, 0.15) is 26.4 Å². The molecule has 160 valence electrons. The van der Waals surface area contributed by atoms with Gasteiger partial charge in [0.1, 0.15) is 0 Å². The number of amides is 1. The van der Waals surface area contributed by atoms with Gasteiger partial charge in [-0.3, -0.25) is 4.79 Å². The molecule has 0 aliphatic carbocycles. The molecule has 3 aromatic rings. The molecule has 0 atom stereocenters. The van der Waals surface area contributed by atoms with Crippen LogP contribution < -0.4 is 21.6 Å². The van der Waals surface area contributed by atoms with E-state index >= 15 is 0 Å². The van der Waals surface area contributed by atoms with Gasteiger partial charge in [0.2, 0.25) is 5.88 Å². The quantitative estimate of drug-likeness (QED) is 0.301. The number of methoxy groups -OCH3 is 2. The van der Waals surface area contributed by atoms with Crippen molar-refractivity contribution >= 4 is 28.3 Å². The molecule has 3 rings (SSSR count). The monoisotopic (exact) mass is 421 g/mol. The van der Waals surface area contributed by atoms with Crippen LogP contribution in [0.25, 0.3) is 10.8 Å². The number of nitrogens with zero attached hydrogens (tertiary/aromatic N) is 2. The molecule has 0 aliphatic rings. The normalized spacial score (nSPS) is 10.8. The smallest absolute Gasteiger partial charge is 0.358 e. The number of benzene rings is 2. The molecule has 1 aromatic heterocycles. The average Bonchev–Trinajstić information content (AvgIpc) is 2.79. The average molecular weight is 421 g/mol. The number of hydrogen-bond donors (Lipinski definition) is 3. The summed E-state index contributed by atoms with van der Waals surface area (Å²) in [6.07, 6.45) is 2.91. The summed E-state index contributed by atoms with van der Waals surface area (Å²) in [5.41, 5.74) is 6.92. The fourth-order valence-electron chi connectivity index (χ4n) is 3.16. The van der Waals surface area contributed by atoms with Crippen molar-refractivity contribution in [1.82, 2.24) is 9.99 Å². The summed E-state index contributed by atoms with van der Waals surface area (Å²) in [5.74, 6) is 5.06. The number of aromatic nitrogens is 1. The van der Waals surface area contributed by atoms with Crippen molar-refractivity contribution in [3.63, 3.8) is 0 Å². The molecule has 0 radical (unpaired) electrons. The van der Waals surface area contributed by atoms with Gasteiger partial charge >= 0.3 is 5.97 Å². The molecule has 1 amide bonds. The number of hydrazine groups is 1. The molecule has 0 bridgehead atoms. The highest BCUT2D eigenvalue weighted by Gasteiger charge is 2.19. The van der Waals surface area contributed by atoms with E-state index < -0.39 is 11.9 Å². The van der Waals surface area contributed by atoms with E-state index in [1.165, 1.54) is 31.5 Å². The number of pyridine rings is 1. The highest BCUT2D eigenvalue weighted by atomic mass is 16.5. The summed E-state index contributed by atoms with van der Waals surface area (Å²) in [6, 6.07) is 14.1. The van der Waals surface area contributed by atoms with E-state index in [1.807, 2.05) is 30.3 Å². The second-order valence-corrected chi connectivity index (χ2v) is 6.53. The molecule has 1 heterocycles. The highest BCUT2D eigenvalue weighted by molar-refractivity contribution is 6.14. The third kappa shape index (κ3) is 4.73. The number of nitrogens with one attached hydrogen (secondary N) is 1. The van der Waals surface area contributed by atoms with E-state index in [4.69, 9.17) is 21.1 Å². The van der Waals surface area contributed by atoms with Gasteiger partial charge in [0, 0.05) is 24.0 Å². The molecule has 9 heteroatoms. The minimum absolute atomic E-state index is 0.0523. The minimum atomic E-state index is -0.689. The maximum absolute atomic E-state index is 13.1. The number of carbonyl (C=O) groups is 2. The third-order valence-corrected chi connectivity index (χ3v) is 4.60. The van der Waals surface area contributed by atoms with Gasteiger partial charge in [0.05, 0.1) is 26.5 Å². The summed E-state index contributed by atoms with van der Waals surface area (Å²) in [7, 11) is 2.67. The number of rotatable bonds is 7. The van der Waals surface area contributed by atoms with Gasteiger partial charge < -0.3 is 25.5 Å². The Kier molecular flexibility index (Phi) is 6.68. The number of hydrogen-bond acceptors (Lipinski definition) is 8. The molecule has 0 saturated carbocycles. The summed E-state index contributed by atoms with van der Waals surface area (Å²) in [6.45, 7) is 0.408. The SMILES string of the molecule is COC(=O)c1nc(OC)ccc1NC(=O)c1ccc(CN(N)/C=C\N)c2ccccc12. The van der Waals surface area contributed by atoms with E-state index in [9.17, 15) is 9.59 Å². The Morgan fingerprint density at radius 2 is 1.84 bits per heavy atom. The maximum Gasteiger partial charge on any atom is 0.358 e. The maximum atomic E-state index is 13.1. The number of fused-ring (bicyclic) bond motifs is 1. The molecule has 5 N–H and O–H groups in total. The standard InChI is InChI=1S/C22H23N5O4/c1-30-19-10-9-18(20(26-19)22(29)31-2)25-21(28)17-8-7-14(13-27(24)12-11-23)15-5-3-4-6-16(15)17/h3-12H,13,23-24H2,1-2H3,(H,25,28)/b12-11-. The van der Waals surface area contributed by atoms with Gasteiger partial charge in [-0.25, -0.2) is 15.6 Å². The minimum Gasteiger partial charge on any atom is -0.481 e. The van der Waals surface area contributed by atoms with Crippen LogP contribution >= 0.6 is 0 Å². The number of carbonyl (C=O) groups excluding carboxylic acids is 2. The Balaban J connectivity index is 1.98. The lowest BCUT2D eigenvalue weighted by atomic mass is 9.98. The van der Waals surface area contributed by atoms with Gasteiger partial charge in [-0.2, -0.15) is 0 Å². The Bertz CT molecular complexity index is 1150. The zero-order chi connectivity index (χ0) is 22.4. The van der Waals surface area contributed by atoms with Crippen LogP contribution in [0.15, 0.2) is 60.9 Å². The molecule has 0 fully saturated rings. The first-order valence-corrected chi connectivity index (χ1v) is 9.33. The summed E-state index contributed by atoms with van der Waals surface area (Å²) in [4.78, 5) is 29.3. The fraction of sp³-hybridized carbons (Fsp3) is 0.136. The number of esters is 1. The first-order valence-electron chi connectivity index (χ1n) is 9.33. The number of ether oxygens (including phenoxy) is 2. The zero-order valence-electron chi connectivity index (χ0n) is 17.2. The second-order valence-electron chi connectivity index (χ2n) is 6.53. The van der Waals surface area contributed by atoms with E-state index in [1.54, 1.807) is 18.3 Å². The largest absolute Gasteiger partial charge is 0.481 e. The van der Waals surface area contributed by atoms with Crippen molar-refractivity contribution in [3.05, 3.63) is 77.8 Å². The predicted molar refractivity (Wildman–Crippen MR) is 117 cm³/mol. The van der Waals surface area contributed by atoms with Crippen molar-refractivity contribution in [3.8, 4) is 5.88 Å². The van der Waals surface area contributed by atoms with Crippen LogP contribution in [0.2, 0.25) is 0 Å². The van der Waals surface area contributed by atoms with Gasteiger partial charge in [-0.05, 0) is 28.5 Å². The second kappa shape index (κ2) is 9.59. The van der Waals surface area contributed by atoms with Crippen molar-refractivity contribution in [2.75, 3.05) is 19.5 Å². The first kappa shape index (κ1) is 21.6. The Morgan fingerprint density at radius 3 is 2.52 bits per heavy atom. The van der Waals surface area contributed by atoms with Gasteiger partial charge in [-0.1, -0.05) is 30.3 Å². The zero-order valence-corrected chi connectivity index (χ0v) is 17.2. The molecular formula is C22H23N5O4. The molecule has 2 aromatic carbocycles. The lowest BCUT2D eigenvalue weighted by molar-refractivity contribution is 0.0594. The molecule has 31 heavy (non-hydrogen) atoms. The van der Waals surface area contributed by atoms with Gasteiger partial charge in [-0.15, -0.1) is 0 Å². The molecule has 9 nitrogen and oxygen atoms in total. The predicted octanol–water partition coefficient (Wildman–Crippen LogP) is 2.39. The van der Waals surface area contributed by atoms with Gasteiger partial charge in [0.25, 0.3) is 5.91 Å². The van der Waals surface area contributed by atoms with Crippen LogP contribution in [-0.2, 0) is 11.3 Å². The van der Waals surface area contributed by atoms with Crippen LogP contribution in [0, 0.1) is 0 Å². The molecule has 0 unspecified atom stereocenters. The lowest BCUT2D eigenvalue weighted by Crippen LogP contribution is -2.25. The fourth-order valence-corrected chi connectivity index (χ4v) is 3.16. The van der Waals surface area contributed by atoms with E-state index in [0.29, 0.717) is 12.1 Å². The van der Waals surface area contributed by atoms with E-state index in [-0.39, 0.29) is 17.3 Å². The van der Waals surface area contributed by atoms with Crippen LogP contribution in [-0.4, -0.2) is 36.1 Å². The topological polar surface area (TPSA) is 133 Å². The first-order chi connectivity index (χ1) is 15.0. The molecule has 0 spiro atoms. The summed E-state index contributed by atoms with van der Waals surface area (Å²) in [5, 5.41) is 5.81. The van der Waals surface area contributed by atoms with E-state index in [2.05, 4.69) is 10.3 Å². The number of nitrogens with two attached hydrogens (primary N) is 2. The van der Waals surface area contributed by atoms with Crippen molar-refractivity contribution in [1.29, 1.82) is 0 Å².